The fourth-order valence-corrected chi connectivity index (χ4v) is 15.0. The lowest BCUT2D eigenvalue weighted by molar-refractivity contribution is 0.0950. The first-order valence-electron chi connectivity index (χ1n) is 30.4. The summed E-state index contributed by atoms with van der Waals surface area (Å²) in [6, 6.07) is 26.3. The quantitative estimate of drug-likeness (QED) is 0.0499. The summed E-state index contributed by atoms with van der Waals surface area (Å²) < 4.78 is 43.2. The van der Waals surface area contributed by atoms with Crippen LogP contribution in [0, 0.1) is 24.4 Å². The Balaban J connectivity index is 0.000000147. The highest BCUT2D eigenvalue weighted by Crippen LogP contribution is 2.38. The molecule has 3 fully saturated rings. The predicted octanol–water partition coefficient (Wildman–Crippen LogP) is 14.1. The first-order valence-corrected chi connectivity index (χ1v) is 33.6. The number of amides is 3. The number of hydrogen-bond donors (Lipinski definition) is 6. The number of nitrogens with two attached hydrogens (primary N) is 3. The Kier molecular flexibility index (Phi) is 21.7. The summed E-state index contributed by atoms with van der Waals surface area (Å²) in [6.45, 7) is 11.0. The number of nitrogens with zero attached hydrogens (tertiary/aromatic N) is 6. The number of fused-ring (bicyclic) bond motifs is 3. The monoisotopic (exact) mass is 1300 g/mol. The number of thiophene rings is 3. The largest absolute Gasteiger partial charge is 0.397 e. The molecule has 0 spiro atoms. The zero-order chi connectivity index (χ0) is 62.7. The number of pyridine rings is 3. The van der Waals surface area contributed by atoms with Crippen LogP contribution in [0.3, 0.4) is 0 Å². The summed E-state index contributed by atoms with van der Waals surface area (Å²) in [5.74, 6) is -2.18. The second-order valence-corrected chi connectivity index (χ2v) is 26.2. The van der Waals surface area contributed by atoms with E-state index in [4.69, 9.17) is 40.4 Å². The number of nitrogens with one attached hydrogen (secondary N) is 3. The zero-order valence-corrected chi connectivity index (χ0v) is 53.9. The lowest BCUT2D eigenvalue weighted by Crippen LogP contribution is -2.30. The van der Waals surface area contributed by atoms with Gasteiger partial charge in [-0.05, 0) is 167 Å². The van der Waals surface area contributed by atoms with E-state index in [1.165, 1.54) is 102 Å². The van der Waals surface area contributed by atoms with Gasteiger partial charge in [0.2, 0.25) is 0 Å². The summed E-state index contributed by atoms with van der Waals surface area (Å²) in [4.78, 5) is 60.4. The molecule has 3 aliphatic rings. The molecule has 0 atom stereocenters. The van der Waals surface area contributed by atoms with Crippen LogP contribution in [0.5, 0.6) is 0 Å². The molecule has 0 unspecified atom stereocenters. The number of aryl methyl sites for hydroxylation is 2. The Morgan fingerprint density at radius 1 is 0.506 bits per heavy atom. The molecule has 0 radical (unpaired) electrons. The van der Waals surface area contributed by atoms with Crippen LogP contribution < -0.4 is 47.9 Å². The number of carbonyl (C=O) groups is 3. The summed E-state index contributed by atoms with van der Waals surface area (Å²) >= 11 is 15.6. The van der Waals surface area contributed by atoms with Gasteiger partial charge in [0.15, 0.2) is 0 Å². The van der Waals surface area contributed by atoms with E-state index in [0.29, 0.717) is 82.2 Å². The van der Waals surface area contributed by atoms with Crippen LogP contribution in [0.15, 0.2) is 84.9 Å². The van der Waals surface area contributed by atoms with Gasteiger partial charge >= 0.3 is 0 Å². The molecule has 0 bridgehead atoms. The number of halogens is 5. The highest BCUT2D eigenvalue weighted by atomic mass is 35.5. The van der Waals surface area contributed by atoms with Gasteiger partial charge in [0.25, 0.3) is 17.7 Å². The standard InChI is InChI=1S/C23H25F3N4OS.C22H25ClN4OS.C21H23ClN4OS/c1-2-18-16(25)11-14-20(27)21(32-23(14)29-18)22(31)28-7-6-13-10-17(26)19(12-15(13)24)30-8-4-3-5-9-30;1-14-13-17(23)26-22-18(14)19(24)20(29-22)21(28)25-10-9-15-5-7-16(8-6-15)27-11-3-2-4-12-27;22-17-9-8-16-18(23)19(28-21(16)25-17)20(27)24-11-10-14-4-6-15(7-5-14)26-12-2-1-3-13-26/h10-12H,2-9,27H2,1H3,(H,28,31);5-8,13H,2-4,9-12,24H2,1H3,(H,25,28);4-9H,1-3,10-13,23H2,(H,24,27). The van der Waals surface area contributed by atoms with Gasteiger partial charge in [-0.1, -0.05) is 54.4 Å². The van der Waals surface area contributed by atoms with E-state index in [1.54, 1.807) is 25.1 Å². The molecule has 3 amide bonds. The van der Waals surface area contributed by atoms with Gasteiger partial charge in [-0.25, -0.2) is 28.1 Å². The third-order valence-electron chi connectivity index (χ3n) is 16.3. The molecule has 3 saturated heterocycles. The van der Waals surface area contributed by atoms with Crippen molar-refractivity contribution in [2.75, 3.05) is 90.8 Å². The molecule has 15 nitrogen and oxygen atoms in total. The fraction of sp³-hybridized carbons (Fsp3) is 0.364. The minimum Gasteiger partial charge on any atom is -0.397 e. The Morgan fingerprint density at radius 2 is 0.966 bits per heavy atom. The van der Waals surface area contributed by atoms with Crippen LogP contribution >= 0.6 is 57.2 Å². The Morgan fingerprint density at radius 3 is 1.49 bits per heavy atom. The number of anilines is 6. The van der Waals surface area contributed by atoms with Crippen molar-refractivity contribution < 1.29 is 27.6 Å². The predicted molar refractivity (Wildman–Crippen MR) is 362 cm³/mol. The molecule has 89 heavy (non-hydrogen) atoms. The number of carbonyl (C=O) groups excluding carboxylic acids is 3. The Bertz CT molecular complexity index is 3980. The summed E-state index contributed by atoms with van der Waals surface area (Å²) in [5, 5.41) is 11.4. The molecular weight excluding hydrogens is 1230 g/mol. The molecule has 0 saturated carbocycles. The lowest BCUT2D eigenvalue weighted by atomic mass is 10.1. The molecule has 0 aliphatic carbocycles. The highest BCUT2D eigenvalue weighted by Gasteiger charge is 2.24. The average molecular weight is 1310 g/mol. The summed E-state index contributed by atoms with van der Waals surface area (Å²) in [7, 11) is 0. The molecule has 23 heteroatoms. The summed E-state index contributed by atoms with van der Waals surface area (Å²) in [6.07, 6.45) is 12.9. The van der Waals surface area contributed by atoms with Gasteiger partial charge in [-0.15, -0.1) is 34.0 Å². The first-order chi connectivity index (χ1) is 43.0. The molecule has 12 rings (SSSR count). The zero-order valence-electron chi connectivity index (χ0n) is 49.9. The van der Waals surface area contributed by atoms with Crippen LogP contribution in [-0.2, 0) is 25.7 Å². The molecule has 468 valence electrons. The van der Waals surface area contributed by atoms with E-state index >= 15 is 0 Å². The number of rotatable bonds is 16. The normalized spacial score (nSPS) is 14.3. The molecule has 3 aromatic carbocycles. The van der Waals surface area contributed by atoms with Gasteiger partial charge in [0, 0.05) is 92.5 Å². The van der Waals surface area contributed by atoms with E-state index in [9.17, 15) is 27.6 Å². The topological polar surface area (TPSA) is 214 Å². The van der Waals surface area contributed by atoms with Crippen molar-refractivity contribution in [3.63, 3.8) is 0 Å². The minimum absolute atomic E-state index is 0.105. The van der Waals surface area contributed by atoms with Crippen molar-refractivity contribution >= 4 is 140 Å². The maximum Gasteiger partial charge on any atom is 0.263 e. The van der Waals surface area contributed by atoms with Crippen LogP contribution in [0.2, 0.25) is 10.3 Å². The van der Waals surface area contributed by atoms with Gasteiger partial charge in [-0.3, -0.25) is 14.4 Å². The van der Waals surface area contributed by atoms with Crippen molar-refractivity contribution in [3.8, 4) is 0 Å². The molecule has 9 N–H and O–H groups in total. The molecule has 9 aromatic rings. The molecule has 9 heterocycles. The molecule has 6 aromatic heterocycles. The average Bonchev–Trinajstić information content (AvgIpc) is 4.09. The van der Waals surface area contributed by atoms with E-state index < -0.39 is 23.4 Å². The number of hydrogen-bond acceptors (Lipinski definition) is 15. The van der Waals surface area contributed by atoms with E-state index in [2.05, 4.69) is 89.2 Å². The smallest absolute Gasteiger partial charge is 0.263 e. The van der Waals surface area contributed by atoms with Crippen molar-refractivity contribution in [2.45, 2.75) is 97.3 Å². The fourth-order valence-electron chi connectivity index (χ4n) is 11.4. The van der Waals surface area contributed by atoms with Crippen LogP contribution in [0.4, 0.5) is 47.3 Å². The number of nitrogen functional groups attached to an aromatic ring is 3. The van der Waals surface area contributed by atoms with Crippen molar-refractivity contribution in [2.24, 2.45) is 0 Å². The van der Waals surface area contributed by atoms with E-state index in [0.717, 1.165) is 99.0 Å². The van der Waals surface area contributed by atoms with Gasteiger partial charge < -0.3 is 47.9 Å². The minimum atomic E-state index is -0.491. The third-order valence-corrected chi connectivity index (χ3v) is 20.1. The maximum absolute atomic E-state index is 14.6. The van der Waals surface area contributed by atoms with Crippen molar-refractivity contribution in [3.05, 3.63) is 155 Å². The first kappa shape index (κ1) is 64.6. The highest BCUT2D eigenvalue weighted by molar-refractivity contribution is 7.22. The molecular formula is C66H73Cl2F3N12O3S3. The third kappa shape index (κ3) is 15.8. The van der Waals surface area contributed by atoms with Gasteiger partial charge in [0.05, 0.1) is 28.4 Å². The van der Waals surface area contributed by atoms with Crippen LogP contribution in [0.25, 0.3) is 30.6 Å². The second kappa shape index (κ2) is 29.9. The SMILES string of the molecule is CCc1nc2sc(C(=O)NCCc3cc(F)c(N4CCCCC4)cc3F)c(N)c2cc1F.Cc1cc(Cl)nc2sc(C(=O)NCCc3ccc(N4CCCCC4)cc3)c(N)c12.Nc1c(C(=O)NCCc2ccc(N3CCCCC3)cc2)sc2nc(Cl)ccc12. The number of piperidine rings is 3. The van der Waals surface area contributed by atoms with Gasteiger partial charge in [-0.2, -0.15) is 0 Å². The maximum atomic E-state index is 14.6. The van der Waals surface area contributed by atoms with Crippen LogP contribution in [-0.4, -0.2) is 91.6 Å². The molecule has 3 aliphatic heterocycles. The summed E-state index contributed by atoms with van der Waals surface area (Å²) in [5.41, 5.74) is 26.2. The van der Waals surface area contributed by atoms with E-state index in [-0.39, 0.29) is 40.9 Å². The van der Waals surface area contributed by atoms with Crippen LogP contribution in [0.1, 0.15) is 122 Å². The number of aromatic nitrogens is 3. The Labute approximate surface area is 538 Å². The van der Waals surface area contributed by atoms with Crippen molar-refractivity contribution in [1.82, 2.24) is 30.9 Å². The second-order valence-electron chi connectivity index (χ2n) is 22.5. The lowest BCUT2D eigenvalue weighted by Gasteiger charge is -2.29. The Hall–Kier alpha value is -7.43. The van der Waals surface area contributed by atoms with E-state index in [1.807, 2.05) is 11.8 Å². The number of benzene rings is 3. The van der Waals surface area contributed by atoms with Crippen molar-refractivity contribution in [1.29, 1.82) is 0 Å². The van der Waals surface area contributed by atoms with Gasteiger partial charge in [0.1, 0.15) is 56.9 Å².